The first-order valence-electron chi connectivity index (χ1n) is 10.5. The highest BCUT2D eigenvalue weighted by atomic mass is 35.5. The van der Waals surface area contributed by atoms with Crippen LogP contribution in [0.2, 0.25) is 5.02 Å². The SMILES string of the molecule is [C-]#[N+]c1ccc(-c2nc(N3CCC(N)CC3)n3ccnc3c2-c2ccc(Cl)c(O)c2)cc1F. The van der Waals surface area contributed by atoms with Gasteiger partial charge in [0.25, 0.3) is 0 Å². The Labute approximate surface area is 194 Å². The number of halogens is 2. The molecule has 0 bridgehead atoms. The number of imidazole rings is 1. The van der Waals surface area contributed by atoms with Crippen LogP contribution in [-0.4, -0.2) is 38.6 Å². The fourth-order valence-electron chi connectivity index (χ4n) is 4.18. The molecule has 0 aliphatic carbocycles. The normalized spacial score (nSPS) is 14.5. The van der Waals surface area contributed by atoms with Gasteiger partial charge in [0.05, 0.1) is 22.9 Å². The van der Waals surface area contributed by atoms with Crippen molar-refractivity contribution < 1.29 is 9.50 Å². The summed E-state index contributed by atoms with van der Waals surface area (Å²) >= 11 is 6.03. The number of benzene rings is 2. The molecule has 1 fully saturated rings. The van der Waals surface area contributed by atoms with Gasteiger partial charge in [0.2, 0.25) is 11.6 Å². The fourth-order valence-corrected chi connectivity index (χ4v) is 4.29. The van der Waals surface area contributed by atoms with Crippen LogP contribution in [0.15, 0.2) is 48.8 Å². The molecule has 166 valence electrons. The topological polar surface area (TPSA) is 84.0 Å². The van der Waals surface area contributed by atoms with Crippen LogP contribution in [0.1, 0.15) is 12.8 Å². The zero-order valence-corrected chi connectivity index (χ0v) is 18.3. The Hall–Kier alpha value is -3.67. The summed E-state index contributed by atoms with van der Waals surface area (Å²) in [6.07, 6.45) is 5.20. The van der Waals surface area contributed by atoms with Crippen LogP contribution >= 0.6 is 11.6 Å². The Morgan fingerprint density at radius 1 is 1.15 bits per heavy atom. The van der Waals surface area contributed by atoms with E-state index in [2.05, 4.69) is 14.7 Å². The van der Waals surface area contributed by atoms with Gasteiger partial charge in [-0.3, -0.25) is 4.40 Å². The van der Waals surface area contributed by atoms with Crippen molar-refractivity contribution in [2.75, 3.05) is 18.0 Å². The van der Waals surface area contributed by atoms with Crippen molar-refractivity contribution in [2.24, 2.45) is 5.73 Å². The number of nitrogens with zero attached hydrogens (tertiary/aromatic N) is 5. The van der Waals surface area contributed by atoms with E-state index >= 15 is 0 Å². The molecule has 0 radical (unpaired) electrons. The van der Waals surface area contributed by atoms with Gasteiger partial charge in [0.15, 0.2) is 0 Å². The number of hydrogen-bond acceptors (Lipinski definition) is 5. The van der Waals surface area contributed by atoms with Crippen LogP contribution in [0.4, 0.5) is 16.0 Å². The Bertz CT molecular complexity index is 1400. The van der Waals surface area contributed by atoms with Crippen molar-refractivity contribution >= 4 is 28.9 Å². The highest BCUT2D eigenvalue weighted by Gasteiger charge is 2.25. The lowest BCUT2D eigenvalue weighted by Gasteiger charge is -2.32. The van der Waals surface area contributed by atoms with Crippen LogP contribution in [0.3, 0.4) is 0 Å². The zero-order valence-electron chi connectivity index (χ0n) is 17.5. The van der Waals surface area contributed by atoms with E-state index in [-0.39, 0.29) is 22.5 Å². The summed E-state index contributed by atoms with van der Waals surface area (Å²) in [7, 11) is 0. The first-order valence-corrected chi connectivity index (χ1v) is 10.9. The second-order valence-corrected chi connectivity index (χ2v) is 8.43. The van der Waals surface area contributed by atoms with E-state index in [9.17, 15) is 9.50 Å². The van der Waals surface area contributed by atoms with Crippen LogP contribution < -0.4 is 10.6 Å². The molecule has 9 heteroatoms. The fraction of sp³-hybridized carbons (Fsp3) is 0.208. The van der Waals surface area contributed by atoms with Crippen molar-refractivity contribution in [2.45, 2.75) is 18.9 Å². The predicted octanol–water partition coefficient (Wildman–Crippen LogP) is 5.04. The molecule has 2 aromatic heterocycles. The molecule has 1 aliphatic heterocycles. The quantitative estimate of drug-likeness (QED) is 0.417. The number of hydrogen-bond donors (Lipinski definition) is 2. The third-order valence-corrected chi connectivity index (χ3v) is 6.25. The van der Waals surface area contributed by atoms with E-state index in [4.69, 9.17) is 28.9 Å². The van der Waals surface area contributed by atoms with E-state index < -0.39 is 5.82 Å². The van der Waals surface area contributed by atoms with Gasteiger partial charge in [-0.2, -0.15) is 0 Å². The summed E-state index contributed by atoms with van der Waals surface area (Å²) in [6, 6.07) is 9.49. The molecule has 7 nitrogen and oxygen atoms in total. The lowest BCUT2D eigenvalue weighted by molar-refractivity contribution is 0.476. The summed E-state index contributed by atoms with van der Waals surface area (Å²) in [5.41, 5.74) is 8.91. The highest BCUT2D eigenvalue weighted by molar-refractivity contribution is 6.32. The monoisotopic (exact) mass is 462 g/mol. The number of anilines is 1. The van der Waals surface area contributed by atoms with E-state index in [1.807, 2.05) is 10.6 Å². The second-order valence-electron chi connectivity index (χ2n) is 8.02. The van der Waals surface area contributed by atoms with Gasteiger partial charge < -0.3 is 15.7 Å². The number of rotatable bonds is 3. The minimum absolute atomic E-state index is 0.0587. The zero-order chi connectivity index (χ0) is 23.1. The van der Waals surface area contributed by atoms with Gasteiger partial charge in [-0.25, -0.2) is 19.2 Å². The standard InChI is InChI=1S/C24H20ClFN6O/c1-28-19-5-3-15(12-18(19)26)22-21(14-2-4-17(25)20(33)13-14)23-29-8-11-32(23)24(30-22)31-9-6-16(27)7-10-31/h2-5,8,11-13,16,33H,6-7,9-10,27H2. The number of phenols is 1. The molecule has 3 N–H and O–H groups in total. The average molecular weight is 463 g/mol. The Morgan fingerprint density at radius 2 is 1.91 bits per heavy atom. The van der Waals surface area contributed by atoms with Crippen LogP contribution in [0.25, 0.3) is 32.9 Å². The van der Waals surface area contributed by atoms with Gasteiger partial charge in [-0.1, -0.05) is 29.8 Å². The molecular weight excluding hydrogens is 443 g/mol. The molecule has 5 rings (SSSR count). The predicted molar refractivity (Wildman–Crippen MR) is 126 cm³/mol. The first kappa shape index (κ1) is 21.2. The van der Waals surface area contributed by atoms with Crippen molar-refractivity contribution in [3.05, 3.63) is 71.0 Å². The molecule has 1 aliphatic rings. The first-order chi connectivity index (χ1) is 16.0. The maximum Gasteiger partial charge on any atom is 0.222 e. The number of nitrogens with two attached hydrogens (primary N) is 1. The van der Waals surface area contributed by atoms with Crippen molar-refractivity contribution in [1.29, 1.82) is 0 Å². The average Bonchev–Trinajstić information content (AvgIpc) is 3.30. The molecule has 0 amide bonds. The number of fused-ring (bicyclic) bond motifs is 1. The molecular formula is C24H20ClFN6O. The van der Waals surface area contributed by atoms with Gasteiger partial charge in [0.1, 0.15) is 17.2 Å². The van der Waals surface area contributed by atoms with Gasteiger partial charge in [0, 0.05) is 37.1 Å². The van der Waals surface area contributed by atoms with Crippen molar-refractivity contribution in [3.8, 4) is 28.1 Å². The summed E-state index contributed by atoms with van der Waals surface area (Å²) in [6.45, 7) is 8.64. The molecule has 0 spiro atoms. The van der Waals surface area contributed by atoms with Crippen molar-refractivity contribution in [3.63, 3.8) is 0 Å². The molecule has 3 heterocycles. The number of piperidine rings is 1. The molecule has 0 saturated carbocycles. The van der Waals surface area contributed by atoms with Gasteiger partial charge >= 0.3 is 0 Å². The largest absolute Gasteiger partial charge is 0.506 e. The lowest BCUT2D eigenvalue weighted by Crippen LogP contribution is -2.40. The number of phenolic OH excluding ortho intramolecular Hbond substituents is 1. The van der Waals surface area contributed by atoms with E-state index in [1.165, 1.54) is 12.1 Å². The maximum atomic E-state index is 14.6. The van der Waals surface area contributed by atoms with Crippen LogP contribution in [0, 0.1) is 12.4 Å². The number of aromatic nitrogens is 3. The Morgan fingerprint density at radius 3 is 2.61 bits per heavy atom. The summed E-state index contributed by atoms with van der Waals surface area (Å²) < 4.78 is 16.5. The molecule has 0 unspecified atom stereocenters. The maximum absolute atomic E-state index is 14.6. The van der Waals surface area contributed by atoms with Crippen LogP contribution in [-0.2, 0) is 0 Å². The minimum atomic E-state index is -0.622. The molecule has 1 saturated heterocycles. The molecule has 2 aromatic carbocycles. The smallest absolute Gasteiger partial charge is 0.222 e. The van der Waals surface area contributed by atoms with Crippen LogP contribution in [0.5, 0.6) is 5.75 Å². The Balaban J connectivity index is 1.79. The molecule has 4 aromatic rings. The summed E-state index contributed by atoms with van der Waals surface area (Å²) in [5.74, 6) is -0.0163. The lowest BCUT2D eigenvalue weighted by atomic mass is 9.99. The highest BCUT2D eigenvalue weighted by Crippen LogP contribution is 2.39. The van der Waals surface area contributed by atoms with E-state index in [0.29, 0.717) is 34.0 Å². The minimum Gasteiger partial charge on any atom is -0.506 e. The summed E-state index contributed by atoms with van der Waals surface area (Å²) in [5, 5.41) is 10.5. The second kappa shape index (κ2) is 8.35. The van der Waals surface area contributed by atoms with Crippen molar-refractivity contribution in [1.82, 2.24) is 14.4 Å². The van der Waals surface area contributed by atoms with E-state index in [1.54, 1.807) is 30.5 Å². The molecule has 33 heavy (non-hydrogen) atoms. The van der Waals surface area contributed by atoms with E-state index in [0.717, 1.165) is 25.9 Å². The third kappa shape index (κ3) is 3.75. The third-order valence-electron chi connectivity index (χ3n) is 5.93. The molecule has 0 atom stereocenters. The van der Waals surface area contributed by atoms with Gasteiger partial charge in [-0.15, -0.1) is 0 Å². The summed E-state index contributed by atoms with van der Waals surface area (Å²) in [4.78, 5) is 14.9. The Kier molecular flexibility index (Phi) is 5.36. The van der Waals surface area contributed by atoms with Gasteiger partial charge in [-0.05, 0) is 36.6 Å². The number of aromatic hydroxyl groups is 1.